The summed E-state index contributed by atoms with van der Waals surface area (Å²) in [7, 11) is -0.404. The van der Waals surface area contributed by atoms with Crippen molar-refractivity contribution in [2.45, 2.75) is 51.7 Å². The van der Waals surface area contributed by atoms with Crippen molar-refractivity contribution in [3.63, 3.8) is 0 Å². The molecule has 0 aromatic heterocycles. The number of hydrogen-bond acceptors (Lipinski definition) is 4. The van der Waals surface area contributed by atoms with Gasteiger partial charge >= 0.3 is 13.1 Å². The maximum absolute atomic E-state index is 10.6. The van der Waals surface area contributed by atoms with Crippen molar-refractivity contribution in [1.29, 1.82) is 0 Å². The molecule has 2 rings (SSSR count). The Hall–Kier alpha value is -1.24. The highest BCUT2D eigenvalue weighted by atomic mass is 32.1. The third kappa shape index (κ3) is 4.44. The Kier molecular flexibility index (Phi) is 5.84. The van der Waals surface area contributed by atoms with Crippen molar-refractivity contribution in [1.82, 2.24) is 0 Å². The average molecular weight is 348 g/mol. The second-order valence-electron chi connectivity index (χ2n) is 7.10. The van der Waals surface area contributed by atoms with Gasteiger partial charge in [-0.05, 0) is 50.7 Å². The summed E-state index contributed by atoms with van der Waals surface area (Å²) in [6, 6.07) is 7.86. The molecule has 0 amide bonds. The number of carboxylic acids is 1. The monoisotopic (exact) mass is 348 g/mol. The van der Waals surface area contributed by atoms with E-state index in [1.165, 1.54) is 0 Å². The van der Waals surface area contributed by atoms with Crippen LogP contribution >= 0.6 is 12.6 Å². The molecule has 1 aliphatic rings. The molecule has 0 atom stereocenters. The van der Waals surface area contributed by atoms with E-state index < -0.39 is 13.1 Å². The van der Waals surface area contributed by atoms with Crippen LogP contribution in [0, 0.1) is 0 Å². The number of carboxylic acid groups (broad SMARTS) is 1. The molecule has 1 aromatic carbocycles. The molecule has 0 spiro atoms. The predicted molar refractivity (Wildman–Crippen MR) is 100 cm³/mol. The fraction of sp³-hybridized carbons (Fsp3) is 0.500. The lowest BCUT2D eigenvalue weighted by Crippen LogP contribution is -2.41. The third-order valence-electron chi connectivity index (χ3n) is 4.70. The average Bonchev–Trinajstić information content (AvgIpc) is 2.72. The summed E-state index contributed by atoms with van der Waals surface area (Å²) in [5, 5.41) is 8.74. The first-order chi connectivity index (χ1) is 11.1. The molecule has 0 unspecified atom stereocenters. The van der Waals surface area contributed by atoms with Crippen LogP contribution in [0.25, 0.3) is 6.08 Å². The quantitative estimate of drug-likeness (QED) is 0.609. The zero-order valence-electron chi connectivity index (χ0n) is 14.7. The van der Waals surface area contributed by atoms with Crippen LogP contribution in [-0.4, -0.2) is 35.1 Å². The molecule has 0 aliphatic carbocycles. The first kappa shape index (κ1) is 19.1. The molecule has 1 aromatic rings. The van der Waals surface area contributed by atoms with Gasteiger partial charge in [0.05, 0.1) is 11.2 Å². The normalized spacial score (nSPS) is 19.5. The maximum atomic E-state index is 10.6. The zero-order chi connectivity index (χ0) is 18.0. The third-order valence-corrected chi connectivity index (χ3v) is 5.06. The SMILES string of the molecule is CC1(C)OB(C(=Cc2ccc(CCC(=O)O)cc2)CS)OC1(C)C. The van der Waals surface area contributed by atoms with E-state index in [0.29, 0.717) is 12.2 Å². The van der Waals surface area contributed by atoms with E-state index in [2.05, 4.69) is 12.6 Å². The molecule has 4 nitrogen and oxygen atoms in total. The number of rotatable bonds is 6. The lowest BCUT2D eigenvalue weighted by atomic mass is 9.78. The fourth-order valence-electron chi connectivity index (χ4n) is 2.43. The van der Waals surface area contributed by atoms with Gasteiger partial charge in [-0.25, -0.2) is 0 Å². The lowest BCUT2D eigenvalue weighted by Gasteiger charge is -2.32. The minimum atomic E-state index is -0.780. The van der Waals surface area contributed by atoms with Gasteiger partial charge in [-0.3, -0.25) is 4.79 Å². The second kappa shape index (κ2) is 7.34. The van der Waals surface area contributed by atoms with E-state index in [4.69, 9.17) is 14.4 Å². The molecule has 0 bridgehead atoms. The van der Waals surface area contributed by atoms with Crippen LogP contribution in [-0.2, 0) is 20.5 Å². The van der Waals surface area contributed by atoms with Crippen LogP contribution in [0.3, 0.4) is 0 Å². The molecule has 130 valence electrons. The van der Waals surface area contributed by atoms with Crippen molar-refractivity contribution in [2.75, 3.05) is 5.75 Å². The number of benzene rings is 1. The molecule has 0 saturated carbocycles. The number of aliphatic carboxylic acids is 1. The van der Waals surface area contributed by atoms with Crippen LogP contribution < -0.4 is 0 Å². The number of aryl methyl sites for hydroxylation is 1. The van der Waals surface area contributed by atoms with E-state index in [-0.39, 0.29) is 17.6 Å². The number of carbonyl (C=O) groups is 1. The summed E-state index contributed by atoms with van der Waals surface area (Å²) in [4.78, 5) is 10.6. The van der Waals surface area contributed by atoms with Crippen molar-refractivity contribution in [3.05, 3.63) is 40.9 Å². The fourth-order valence-corrected chi connectivity index (χ4v) is 2.67. The van der Waals surface area contributed by atoms with E-state index in [1.807, 2.05) is 58.0 Å². The molecule has 1 N–H and O–H groups in total. The Balaban J connectivity index is 2.12. The minimum absolute atomic E-state index is 0.144. The second-order valence-corrected chi connectivity index (χ2v) is 7.42. The number of hydrogen-bond donors (Lipinski definition) is 2. The van der Waals surface area contributed by atoms with Gasteiger partial charge in [0.1, 0.15) is 0 Å². The van der Waals surface area contributed by atoms with E-state index in [1.54, 1.807) is 0 Å². The molecule has 1 aliphatic heterocycles. The molecule has 1 saturated heterocycles. The van der Waals surface area contributed by atoms with E-state index in [0.717, 1.165) is 16.6 Å². The highest BCUT2D eigenvalue weighted by Crippen LogP contribution is 2.39. The summed E-state index contributed by atoms with van der Waals surface area (Å²) in [5.41, 5.74) is 2.25. The highest BCUT2D eigenvalue weighted by Gasteiger charge is 2.52. The van der Waals surface area contributed by atoms with Crippen LogP contribution in [0.4, 0.5) is 0 Å². The maximum Gasteiger partial charge on any atom is 0.491 e. The summed E-state index contributed by atoms with van der Waals surface area (Å²) in [5.74, 6) is -0.241. The molecule has 0 radical (unpaired) electrons. The van der Waals surface area contributed by atoms with Crippen LogP contribution in [0.2, 0.25) is 0 Å². The van der Waals surface area contributed by atoms with Crippen molar-refractivity contribution in [2.24, 2.45) is 0 Å². The Bertz CT molecular complexity index is 606. The Morgan fingerprint density at radius 2 is 1.71 bits per heavy atom. The van der Waals surface area contributed by atoms with Crippen molar-refractivity contribution >= 4 is 31.8 Å². The topological polar surface area (TPSA) is 55.8 Å². The van der Waals surface area contributed by atoms with Crippen LogP contribution in [0.15, 0.2) is 29.7 Å². The Morgan fingerprint density at radius 3 is 2.17 bits per heavy atom. The van der Waals surface area contributed by atoms with Gasteiger partial charge in [0, 0.05) is 12.2 Å². The van der Waals surface area contributed by atoms with E-state index in [9.17, 15) is 4.79 Å². The summed E-state index contributed by atoms with van der Waals surface area (Å²) in [6.07, 6.45) is 2.71. The molecule has 6 heteroatoms. The van der Waals surface area contributed by atoms with E-state index >= 15 is 0 Å². The molecular weight excluding hydrogens is 323 g/mol. The number of thiol groups is 1. The summed E-state index contributed by atoms with van der Waals surface area (Å²) >= 11 is 4.42. The van der Waals surface area contributed by atoms with Crippen LogP contribution in [0.1, 0.15) is 45.2 Å². The summed E-state index contributed by atoms with van der Waals surface area (Å²) < 4.78 is 12.1. The predicted octanol–water partition coefficient (Wildman–Crippen LogP) is 3.65. The van der Waals surface area contributed by atoms with Gasteiger partial charge < -0.3 is 14.4 Å². The van der Waals surface area contributed by atoms with Gasteiger partial charge in [-0.2, -0.15) is 12.6 Å². The highest BCUT2D eigenvalue weighted by molar-refractivity contribution is 7.80. The van der Waals surface area contributed by atoms with Gasteiger partial charge in [-0.15, -0.1) is 0 Å². The van der Waals surface area contributed by atoms with Crippen LogP contribution in [0.5, 0.6) is 0 Å². The smallest absolute Gasteiger partial charge is 0.481 e. The molecular formula is C18H25BO4S. The molecule has 1 fully saturated rings. The van der Waals surface area contributed by atoms with Gasteiger partial charge in [-0.1, -0.05) is 30.3 Å². The minimum Gasteiger partial charge on any atom is -0.481 e. The van der Waals surface area contributed by atoms with Gasteiger partial charge in [0.25, 0.3) is 0 Å². The van der Waals surface area contributed by atoms with Gasteiger partial charge in [0.15, 0.2) is 0 Å². The van der Waals surface area contributed by atoms with Crippen molar-refractivity contribution < 1.29 is 19.2 Å². The van der Waals surface area contributed by atoms with Crippen molar-refractivity contribution in [3.8, 4) is 0 Å². The molecule has 1 heterocycles. The first-order valence-corrected chi connectivity index (χ1v) is 8.75. The first-order valence-electron chi connectivity index (χ1n) is 8.12. The Labute approximate surface area is 149 Å². The zero-order valence-corrected chi connectivity index (χ0v) is 15.6. The lowest BCUT2D eigenvalue weighted by molar-refractivity contribution is -0.136. The van der Waals surface area contributed by atoms with Gasteiger partial charge in [0.2, 0.25) is 0 Å². The Morgan fingerprint density at radius 1 is 1.17 bits per heavy atom. The largest absolute Gasteiger partial charge is 0.491 e. The molecule has 24 heavy (non-hydrogen) atoms. The summed E-state index contributed by atoms with van der Waals surface area (Å²) in [6.45, 7) is 8.11. The standard InChI is InChI=1S/C18H25BO4S/c1-17(2)18(3,4)23-19(22-17)15(12-24)11-14-7-5-13(6-8-14)9-10-16(20)21/h5-8,11,24H,9-10,12H2,1-4H3,(H,20,21).